The molecule has 2 aromatic carbocycles. The van der Waals surface area contributed by atoms with Crippen LogP contribution >= 0.6 is 11.6 Å². The Bertz CT molecular complexity index is 1050. The van der Waals surface area contributed by atoms with E-state index < -0.39 is 23.3 Å². The quantitative estimate of drug-likeness (QED) is 0.637. The van der Waals surface area contributed by atoms with Crippen molar-refractivity contribution < 1.29 is 18.0 Å². The van der Waals surface area contributed by atoms with Crippen LogP contribution in [0.3, 0.4) is 0 Å². The van der Waals surface area contributed by atoms with E-state index in [1.165, 1.54) is 23.1 Å². The molecule has 0 saturated carbocycles. The van der Waals surface area contributed by atoms with Gasteiger partial charge in [-0.3, -0.25) is 4.79 Å². The minimum atomic E-state index is -4.76. The lowest BCUT2D eigenvalue weighted by atomic mass is 10.2. The highest BCUT2D eigenvalue weighted by Crippen LogP contribution is 2.35. The third kappa shape index (κ3) is 4.14. The van der Waals surface area contributed by atoms with Crippen molar-refractivity contribution in [1.29, 1.82) is 0 Å². The van der Waals surface area contributed by atoms with E-state index in [1.807, 2.05) is 30.3 Å². The highest BCUT2D eigenvalue weighted by molar-refractivity contribution is 6.30. The minimum absolute atomic E-state index is 0.0336. The van der Waals surface area contributed by atoms with Gasteiger partial charge in [0.15, 0.2) is 5.69 Å². The van der Waals surface area contributed by atoms with Gasteiger partial charge in [0.05, 0.1) is 17.4 Å². The zero-order valence-corrected chi connectivity index (χ0v) is 16.5. The smallest absolute Gasteiger partial charge is 0.380 e. The lowest BCUT2D eigenvalue weighted by Gasteiger charge is -2.19. The number of benzene rings is 2. The lowest BCUT2D eigenvalue weighted by molar-refractivity contribution is -0.143. The predicted molar refractivity (Wildman–Crippen MR) is 108 cm³/mol. The molecule has 4 rings (SSSR count). The number of carbonyl (C=O) groups excluding carboxylic acids is 1. The van der Waals surface area contributed by atoms with Crippen LogP contribution in [0.15, 0.2) is 60.8 Å². The van der Waals surface area contributed by atoms with Crippen molar-refractivity contribution >= 4 is 23.2 Å². The Morgan fingerprint density at radius 2 is 1.90 bits per heavy atom. The number of hydrogen-bond donors (Lipinski definition) is 1. The second kappa shape index (κ2) is 8.02. The van der Waals surface area contributed by atoms with E-state index in [4.69, 9.17) is 11.6 Å². The fraction of sp³-hybridized carbons (Fsp3) is 0.238. The molecule has 1 N–H and O–H groups in total. The maximum absolute atomic E-state index is 13.9. The van der Waals surface area contributed by atoms with Crippen molar-refractivity contribution in [3.63, 3.8) is 0 Å². The van der Waals surface area contributed by atoms with Gasteiger partial charge in [0.25, 0.3) is 5.91 Å². The molecule has 1 aromatic heterocycles. The topological polar surface area (TPSA) is 50.2 Å². The van der Waals surface area contributed by atoms with Crippen molar-refractivity contribution in [1.82, 2.24) is 14.7 Å². The Morgan fingerprint density at radius 1 is 1.13 bits per heavy atom. The SMILES string of the molecule is O=C(c1cnn(-c2cccc(Cl)c2)c1C(F)(F)F)N1CCC(Nc2ccccc2)C1. The highest BCUT2D eigenvalue weighted by Gasteiger charge is 2.42. The average molecular weight is 435 g/mol. The van der Waals surface area contributed by atoms with Gasteiger partial charge in [0, 0.05) is 29.8 Å². The minimum Gasteiger partial charge on any atom is -0.380 e. The summed E-state index contributed by atoms with van der Waals surface area (Å²) in [5.41, 5.74) is -0.530. The van der Waals surface area contributed by atoms with Crippen molar-refractivity contribution in [2.24, 2.45) is 0 Å². The van der Waals surface area contributed by atoms with Crippen LogP contribution in [0.5, 0.6) is 0 Å². The number of amides is 1. The summed E-state index contributed by atoms with van der Waals surface area (Å²) in [6.45, 7) is 0.677. The van der Waals surface area contributed by atoms with E-state index in [1.54, 1.807) is 6.07 Å². The van der Waals surface area contributed by atoms with E-state index in [0.29, 0.717) is 19.5 Å². The van der Waals surface area contributed by atoms with Crippen LogP contribution in [0.2, 0.25) is 5.02 Å². The molecule has 2 heterocycles. The number of likely N-dealkylation sites (tertiary alicyclic amines) is 1. The van der Waals surface area contributed by atoms with E-state index in [2.05, 4.69) is 10.4 Å². The molecule has 30 heavy (non-hydrogen) atoms. The number of nitrogens with one attached hydrogen (secondary N) is 1. The molecular formula is C21H18ClF3N4O. The van der Waals surface area contributed by atoms with Crippen molar-refractivity contribution in [3.8, 4) is 5.69 Å². The monoisotopic (exact) mass is 434 g/mol. The molecule has 9 heteroatoms. The summed E-state index contributed by atoms with van der Waals surface area (Å²) in [4.78, 5) is 14.4. The Kier molecular flexibility index (Phi) is 5.42. The van der Waals surface area contributed by atoms with Crippen molar-refractivity contribution in [2.45, 2.75) is 18.6 Å². The molecule has 0 bridgehead atoms. The maximum atomic E-state index is 13.9. The van der Waals surface area contributed by atoms with Crippen LogP contribution in [0.4, 0.5) is 18.9 Å². The molecule has 1 atom stereocenters. The fourth-order valence-corrected chi connectivity index (χ4v) is 3.77. The van der Waals surface area contributed by atoms with Gasteiger partial charge >= 0.3 is 6.18 Å². The third-order valence-electron chi connectivity index (χ3n) is 4.94. The Morgan fingerprint density at radius 3 is 2.60 bits per heavy atom. The van der Waals surface area contributed by atoms with Crippen LogP contribution in [-0.4, -0.2) is 39.7 Å². The summed E-state index contributed by atoms with van der Waals surface area (Å²) < 4.78 is 42.3. The number of para-hydroxylation sites is 1. The number of nitrogens with zero attached hydrogens (tertiary/aromatic N) is 3. The molecule has 1 saturated heterocycles. The van der Waals surface area contributed by atoms with Gasteiger partial charge in [-0.25, -0.2) is 4.68 Å². The molecule has 1 aliphatic heterocycles. The zero-order valence-electron chi connectivity index (χ0n) is 15.7. The van der Waals surface area contributed by atoms with Gasteiger partial charge < -0.3 is 10.2 Å². The Balaban J connectivity index is 1.59. The van der Waals surface area contributed by atoms with Crippen LogP contribution < -0.4 is 5.32 Å². The van der Waals surface area contributed by atoms with Crippen LogP contribution in [0.25, 0.3) is 5.69 Å². The van der Waals surface area contributed by atoms with Crippen LogP contribution in [0.1, 0.15) is 22.5 Å². The van der Waals surface area contributed by atoms with Gasteiger partial charge in [0.2, 0.25) is 0 Å². The van der Waals surface area contributed by atoms with Gasteiger partial charge in [0.1, 0.15) is 0 Å². The molecule has 0 aliphatic carbocycles. The van der Waals surface area contributed by atoms with Gasteiger partial charge in [-0.1, -0.05) is 35.9 Å². The first-order valence-corrected chi connectivity index (χ1v) is 9.73. The van der Waals surface area contributed by atoms with E-state index in [0.717, 1.165) is 16.6 Å². The molecule has 0 spiro atoms. The molecule has 1 fully saturated rings. The number of aromatic nitrogens is 2. The van der Waals surface area contributed by atoms with E-state index >= 15 is 0 Å². The number of anilines is 1. The van der Waals surface area contributed by atoms with Crippen LogP contribution in [-0.2, 0) is 6.18 Å². The number of rotatable bonds is 4. The third-order valence-corrected chi connectivity index (χ3v) is 5.18. The summed E-state index contributed by atoms with van der Waals surface area (Å²) in [7, 11) is 0. The maximum Gasteiger partial charge on any atom is 0.434 e. The summed E-state index contributed by atoms with van der Waals surface area (Å²) in [6, 6.07) is 15.4. The predicted octanol–water partition coefficient (Wildman–Crippen LogP) is 4.87. The first-order chi connectivity index (χ1) is 14.3. The van der Waals surface area contributed by atoms with Gasteiger partial charge in [-0.05, 0) is 36.8 Å². The normalized spacial score (nSPS) is 16.7. The molecule has 1 aliphatic rings. The summed E-state index contributed by atoms with van der Waals surface area (Å²) in [6.07, 6.45) is -3.14. The van der Waals surface area contributed by atoms with Crippen molar-refractivity contribution in [2.75, 3.05) is 18.4 Å². The number of hydrogen-bond acceptors (Lipinski definition) is 3. The Hall–Kier alpha value is -3.00. The van der Waals surface area contributed by atoms with E-state index in [9.17, 15) is 18.0 Å². The summed E-state index contributed by atoms with van der Waals surface area (Å²) in [5.74, 6) is -0.687. The van der Waals surface area contributed by atoms with Crippen molar-refractivity contribution in [3.05, 3.63) is 77.1 Å². The lowest BCUT2D eigenvalue weighted by Crippen LogP contribution is -2.33. The van der Waals surface area contributed by atoms with E-state index in [-0.39, 0.29) is 16.8 Å². The molecule has 156 valence electrons. The summed E-state index contributed by atoms with van der Waals surface area (Å²) in [5, 5.41) is 7.43. The molecule has 3 aromatic rings. The number of carbonyl (C=O) groups is 1. The first-order valence-electron chi connectivity index (χ1n) is 9.35. The summed E-state index contributed by atoms with van der Waals surface area (Å²) >= 11 is 5.91. The largest absolute Gasteiger partial charge is 0.434 e. The Labute approximate surface area is 176 Å². The number of halogens is 4. The van der Waals surface area contributed by atoms with Crippen LogP contribution in [0, 0.1) is 0 Å². The second-order valence-electron chi connectivity index (χ2n) is 7.04. The second-order valence-corrected chi connectivity index (χ2v) is 7.48. The molecule has 5 nitrogen and oxygen atoms in total. The van der Waals surface area contributed by atoms with Gasteiger partial charge in [-0.2, -0.15) is 18.3 Å². The molecular weight excluding hydrogens is 417 g/mol. The average Bonchev–Trinajstić information content (AvgIpc) is 3.35. The highest BCUT2D eigenvalue weighted by atomic mass is 35.5. The van der Waals surface area contributed by atoms with Gasteiger partial charge in [-0.15, -0.1) is 0 Å². The molecule has 1 unspecified atom stereocenters. The first kappa shape index (κ1) is 20.3. The molecule has 0 radical (unpaired) electrons. The number of alkyl halides is 3. The molecule has 1 amide bonds. The zero-order chi connectivity index (χ0) is 21.3. The fourth-order valence-electron chi connectivity index (χ4n) is 3.58. The standard InChI is InChI=1S/C21H18ClF3N4O/c22-14-5-4-8-17(11-14)29-19(21(23,24)25)18(12-26-29)20(30)28-10-9-16(13-28)27-15-6-2-1-3-7-15/h1-8,11-12,16,27H,9-10,13H2.